The van der Waals surface area contributed by atoms with Gasteiger partial charge >= 0.3 is 0 Å². The molecule has 0 saturated carbocycles. The minimum absolute atomic E-state index is 0.540. The highest BCUT2D eigenvalue weighted by Crippen LogP contribution is 2.26. The summed E-state index contributed by atoms with van der Waals surface area (Å²) in [6.45, 7) is 2.60. The van der Waals surface area contributed by atoms with Crippen LogP contribution in [0.25, 0.3) is 0 Å². The molecule has 3 nitrogen and oxygen atoms in total. The predicted molar refractivity (Wildman–Crippen MR) is 112 cm³/mol. The van der Waals surface area contributed by atoms with E-state index >= 15 is 0 Å². The first-order chi connectivity index (χ1) is 12.4. The highest BCUT2D eigenvalue weighted by atomic mass is 32.2. The molecular formula is C18H23F2N3S3. The summed E-state index contributed by atoms with van der Waals surface area (Å²) in [6, 6.07) is 11.0. The molecule has 0 spiro atoms. The molecule has 0 aliphatic rings. The van der Waals surface area contributed by atoms with E-state index in [-0.39, 0.29) is 0 Å². The fraction of sp³-hybridized carbons (Fsp3) is 0.389. The van der Waals surface area contributed by atoms with Crippen LogP contribution in [0, 0.1) is 0 Å². The van der Waals surface area contributed by atoms with Gasteiger partial charge < -0.3 is 15.1 Å². The number of hydrogen-bond donors (Lipinski definition) is 1. The number of thiocarbonyl (C=S) groups is 1. The van der Waals surface area contributed by atoms with Gasteiger partial charge in [-0.25, -0.2) is 0 Å². The van der Waals surface area contributed by atoms with Gasteiger partial charge in [0, 0.05) is 22.0 Å². The molecule has 1 heterocycles. The van der Waals surface area contributed by atoms with Crippen LogP contribution in [-0.4, -0.2) is 47.9 Å². The van der Waals surface area contributed by atoms with Crippen molar-refractivity contribution in [3.8, 4) is 0 Å². The lowest BCUT2D eigenvalue weighted by Gasteiger charge is -2.26. The van der Waals surface area contributed by atoms with Gasteiger partial charge in [0.15, 0.2) is 5.11 Å². The SMILES string of the molecule is CN(C)CCCN(Cc1cccs1)C(=S)Nc1ccc(SC(F)F)cc1. The van der Waals surface area contributed by atoms with Gasteiger partial charge in [0.1, 0.15) is 0 Å². The van der Waals surface area contributed by atoms with Crippen LogP contribution in [0.1, 0.15) is 11.3 Å². The largest absolute Gasteiger partial charge is 0.344 e. The number of halogens is 2. The third-order valence-corrected chi connectivity index (χ3v) is 5.52. The Bertz CT molecular complexity index is 661. The summed E-state index contributed by atoms with van der Waals surface area (Å²) < 4.78 is 24.8. The van der Waals surface area contributed by atoms with E-state index < -0.39 is 5.76 Å². The average molecular weight is 416 g/mol. The summed E-state index contributed by atoms with van der Waals surface area (Å²) in [5.41, 5.74) is 0.803. The fourth-order valence-electron chi connectivity index (χ4n) is 2.34. The van der Waals surface area contributed by atoms with Crippen LogP contribution in [0.15, 0.2) is 46.7 Å². The van der Waals surface area contributed by atoms with Crippen molar-refractivity contribution < 1.29 is 8.78 Å². The highest BCUT2D eigenvalue weighted by molar-refractivity contribution is 7.99. The molecule has 0 bridgehead atoms. The molecule has 0 unspecified atom stereocenters. The van der Waals surface area contributed by atoms with Crippen molar-refractivity contribution in [1.82, 2.24) is 9.80 Å². The Morgan fingerprint density at radius 2 is 1.92 bits per heavy atom. The summed E-state index contributed by atoms with van der Waals surface area (Å²) in [5.74, 6) is -2.41. The molecule has 1 aromatic carbocycles. The molecule has 0 saturated heterocycles. The molecule has 0 fully saturated rings. The van der Waals surface area contributed by atoms with E-state index in [1.165, 1.54) is 4.88 Å². The first-order valence-corrected chi connectivity index (χ1v) is 10.4. The summed E-state index contributed by atoms with van der Waals surface area (Å²) in [4.78, 5) is 6.09. The van der Waals surface area contributed by atoms with Crippen LogP contribution in [0.3, 0.4) is 0 Å². The number of hydrogen-bond acceptors (Lipinski definition) is 4. The molecule has 1 aromatic heterocycles. The van der Waals surface area contributed by atoms with Gasteiger partial charge in [-0.3, -0.25) is 0 Å². The van der Waals surface area contributed by atoms with E-state index in [1.807, 2.05) is 6.07 Å². The van der Waals surface area contributed by atoms with Crippen molar-refractivity contribution in [2.24, 2.45) is 0 Å². The van der Waals surface area contributed by atoms with Gasteiger partial charge in [-0.1, -0.05) is 17.8 Å². The van der Waals surface area contributed by atoms with Gasteiger partial charge in [0.2, 0.25) is 0 Å². The van der Waals surface area contributed by atoms with Gasteiger partial charge in [-0.2, -0.15) is 8.78 Å². The lowest BCUT2D eigenvalue weighted by Crippen LogP contribution is -2.36. The topological polar surface area (TPSA) is 18.5 Å². The van der Waals surface area contributed by atoms with Crippen LogP contribution in [-0.2, 0) is 6.54 Å². The average Bonchev–Trinajstić information content (AvgIpc) is 3.08. The van der Waals surface area contributed by atoms with Crippen LogP contribution in [0.2, 0.25) is 0 Å². The fourth-order valence-corrected chi connectivity index (χ4v) is 3.84. The molecule has 2 rings (SSSR count). The number of rotatable bonds is 9. The zero-order valence-corrected chi connectivity index (χ0v) is 17.3. The minimum Gasteiger partial charge on any atom is -0.344 e. The number of benzene rings is 1. The van der Waals surface area contributed by atoms with E-state index in [9.17, 15) is 8.78 Å². The Hall–Kier alpha value is -1.22. The minimum atomic E-state index is -2.41. The number of thioether (sulfide) groups is 1. The zero-order chi connectivity index (χ0) is 18.9. The lowest BCUT2D eigenvalue weighted by atomic mass is 10.3. The highest BCUT2D eigenvalue weighted by Gasteiger charge is 2.12. The maximum atomic E-state index is 12.4. The van der Waals surface area contributed by atoms with Gasteiger partial charge in [0.05, 0.1) is 6.54 Å². The predicted octanol–water partition coefficient (Wildman–Crippen LogP) is 5.21. The quantitative estimate of drug-likeness (QED) is 0.446. The number of thiophene rings is 1. The second-order valence-electron chi connectivity index (χ2n) is 5.99. The van der Waals surface area contributed by atoms with Crippen molar-refractivity contribution in [3.63, 3.8) is 0 Å². The Morgan fingerprint density at radius 1 is 1.19 bits per heavy atom. The molecule has 0 amide bonds. The molecule has 26 heavy (non-hydrogen) atoms. The molecule has 8 heteroatoms. The molecular weight excluding hydrogens is 392 g/mol. The Labute approximate surface area is 167 Å². The van der Waals surface area contributed by atoms with Crippen LogP contribution >= 0.6 is 35.3 Å². The Balaban J connectivity index is 1.97. The smallest absolute Gasteiger partial charge is 0.288 e. The first kappa shape index (κ1) is 21.1. The number of nitrogens with one attached hydrogen (secondary N) is 1. The zero-order valence-electron chi connectivity index (χ0n) is 14.8. The van der Waals surface area contributed by atoms with Crippen LogP contribution in [0.5, 0.6) is 0 Å². The number of nitrogens with zero attached hydrogens (tertiary/aromatic N) is 2. The number of anilines is 1. The molecule has 0 aliphatic carbocycles. The van der Waals surface area contributed by atoms with Crippen molar-refractivity contribution in [1.29, 1.82) is 0 Å². The second kappa shape index (κ2) is 10.8. The van der Waals surface area contributed by atoms with E-state index in [4.69, 9.17) is 12.2 Å². The molecule has 1 N–H and O–H groups in total. The molecule has 0 atom stereocenters. The van der Waals surface area contributed by atoms with Crippen molar-refractivity contribution in [3.05, 3.63) is 46.7 Å². The van der Waals surface area contributed by atoms with E-state index in [0.717, 1.165) is 31.7 Å². The van der Waals surface area contributed by atoms with Crippen LogP contribution < -0.4 is 5.32 Å². The second-order valence-corrected chi connectivity index (χ2v) is 8.47. The summed E-state index contributed by atoms with van der Waals surface area (Å²) >= 11 is 7.84. The molecule has 142 valence electrons. The normalized spacial score (nSPS) is 11.2. The van der Waals surface area contributed by atoms with Crippen LogP contribution in [0.4, 0.5) is 14.5 Å². The molecule has 2 aromatic rings. The monoisotopic (exact) mass is 415 g/mol. The van der Waals surface area contributed by atoms with Crippen molar-refractivity contribution in [2.45, 2.75) is 23.6 Å². The first-order valence-electron chi connectivity index (χ1n) is 8.22. The third kappa shape index (κ3) is 7.57. The van der Waals surface area contributed by atoms with Gasteiger partial charge in [0.25, 0.3) is 5.76 Å². The third-order valence-electron chi connectivity index (χ3n) is 3.58. The van der Waals surface area contributed by atoms with Crippen molar-refractivity contribution >= 4 is 46.1 Å². The Morgan fingerprint density at radius 3 is 2.50 bits per heavy atom. The van der Waals surface area contributed by atoms with Gasteiger partial charge in [-0.05, 0) is 75.0 Å². The summed E-state index contributed by atoms with van der Waals surface area (Å²) in [5, 5.41) is 5.93. The molecule has 0 radical (unpaired) electrons. The van der Waals surface area contributed by atoms with E-state index in [2.05, 4.69) is 40.7 Å². The van der Waals surface area contributed by atoms with E-state index in [0.29, 0.717) is 21.8 Å². The maximum absolute atomic E-state index is 12.4. The standard InChI is InChI=1S/C18H23F2N3S3/c1-22(2)10-4-11-23(13-16-5-3-12-25-16)18(24)21-14-6-8-15(9-7-14)26-17(19)20/h3,5-9,12,17H,4,10-11,13H2,1-2H3,(H,21,24). The number of alkyl halides is 2. The van der Waals surface area contributed by atoms with Crippen molar-refractivity contribution in [2.75, 3.05) is 32.5 Å². The lowest BCUT2D eigenvalue weighted by molar-refractivity contribution is 0.252. The Kier molecular flexibility index (Phi) is 8.77. The molecule has 0 aliphatic heterocycles. The van der Waals surface area contributed by atoms with Gasteiger partial charge in [-0.15, -0.1) is 11.3 Å². The summed E-state index contributed by atoms with van der Waals surface area (Å²) in [7, 11) is 4.11. The van der Waals surface area contributed by atoms with E-state index in [1.54, 1.807) is 35.6 Å². The maximum Gasteiger partial charge on any atom is 0.288 e. The summed E-state index contributed by atoms with van der Waals surface area (Å²) in [6.07, 6.45) is 1.00.